The molecule has 1 N–H and O–H groups in total. The number of aliphatic carboxylic acids is 1. The fourth-order valence-electron chi connectivity index (χ4n) is 2.01. The van der Waals surface area contributed by atoms with E-state index in [-0.39, 0.29) is 12.5 Å². The van der Waals surface area contributed by atoms with Crippen molar-refractivity contribution < 1.29 is 19.4 Å². The van der Waals surface area contributed by atoms with Crippen LogP contribution in [0.25, 0.3) is 11.0 Å². The Balaban J connectivity index is 1.74. The Morgan fingerprint density at radius 2 is 1.96 bits per heavy atom. The topological polar surface area (TPSA) is 81.5 Å². The number of rotatable bonds is 6. The summed E-state index contributed by atoms with van der Waals surface area (Å²) in [5, 5.41) is 9.81. The van der Waals surface area contributed by atoms with Crippen LogP contribution in [-0.2, 0) is 4.79 Å². The molecule has 0 amide bonds. The highest BCUT2D eigenvalue weighted by molar-refractivity contribution is 6.31. The molecule has 0 spiro atoms. The van der Waals surface area contributed by atoms with Crippen LogP contribution in [0.15, 0.2) is 54.7 Å². The normalized spacial score (nSPS) is 11.9. The molecule has 2 aromatic carbocycles. The number of carboxylic acids is 1. The first-order valence-corrected chi connectivity index (χ1v) is 7.49. The number of ether oxygens (including phenoxy) is 2. The number of halogens is 1. The molecule has 0 bridgehead atoms. The van der Waals surface area contributed by atoms with Crippen molar-refractivity contribution in [3.8, 4) is 11.6 Å². The Morgan fingerprint density at radius 3 is 2.71 bits per heavy atom. The number of hydrogen-bond donors (Lipinski definition) is 1. The summed E-state index contributed by atoms with van der Waals surface area (Å²) >= 11 is 5.92. The zero-order chi connectivity index (χ0) is 16.9. The lowest BCUT2D eigenvalue weighted by molar-refractivity contribution is -0.146. The van der Waals surface area contributed by atoms with Crippen molar-refractivity contribution in [2.24, 2.45) is 0 Å². The summed E-state index contributed by atoms with van der Waals surface area (Å²) in [6, 6.07) is 14.0. The van der Waals surface area contributed by atoms with Crippen molar-refractivity contribution in [2.75, 3.05) is 6.61 Å². The van der Waals surface area contributed by atoms with E-state index in [1.807, 2.05) is 6.07 Å². The lowest BCUT2D eigenvalue weighted by Gasteiger charge is -2.15. The zero-order valence-corrected chi connectivity index (χ0v) is 13.2. The Morgan fingerprint density at radius 1 is 1.17 bits per heavy atom. The molecule has 0 aliphatic carbocycles. The molecule has 0 saturated carbocycles. The van der Waals surface area contributed by atoms with Gasteiger partial charge in [0.15, 0.2) is 0 Å². The summed E-state index contributed by atoms with van der Waals surface area (Å²) in [6.07, 6.45) is 0.158. The van der Waals surface area contributed by atoms with Crippen LogP contribution in [0, 0.1) is 0 Å². The molecule has 0 radical (unpaired) electrons. The van der Waals surface area contributed by atoms with Gasteiger partial charge in [-0.25, -0.2) is 14.8 Å². The average Bonchev–Trinajstić information content (AvgIpc) is 2.59. The largest absolute Gasteiger partial charge is 0.489 e. The molecule has 0 fully saturated rings. The quantitative estimate of drug-likeness (QED) is 0.739. The highest BCUT2D eigenvalue weighted by Gasteiger charge is 2.21. The first-order valence-electron chi connectivity index (χ1n) is 7.11. The predicted molar refractivity (Wildman–Crippen MR) is 88.5 cm³/mol. The molecule has 7 heteroatoms. The minimum atomic E-state index is -1.21. The molecule has 1 atom stereocenters. The van der Waals surface area contributed by atoms with Gasteiger partial charge >= 0.3 is 5.97 Å². The number of aromatic nitrogens is 2. The van der Waals surface area contributed by atoms with Crippen LogP contribution < -0.4 is 9.47 Å². The van der Waals surface area contributed by atoms with E-state index in [1.54, 1.807) is 42.5 Å². The molecule has 24 heavy (non-hydrogen) atoms. The van der Waals surface area contributed by atoms with Gasteiger partial charge in [0.1, 0.15) is 12.4 Å². The second-order valence-corrected chi connectivity index (χ2v) is 5.35. The molecule has 0 saturated heterocycles. The number of fused-ring (bicyclic) bond motifs is 1. The lowest BCUT2D eigenvalue weighted by atomic mass is 10.3. The SMILES string of the molecule is O=C(O)C(COc1ccccc1)Oc1cnc2ccc(Cl)cc2n1. The molecule has 122 valence electrons. The summed E-state index contributed by atoms with van der Waals surface area (Å²) < 4.78 is 10.8. The third-order valence-corrected chi connectivity index (χ3v) is 3.40. The molecule has 0 aliphatic rings. The van der Waals surface area contributed by atoms with Crippen LogP contribution in [0.5, 0.6) is 11.6 Å². The minimum absolute atomic E-state index is 0.0915. The predicted octanol–water partition coefficient (Wildman–Crippen LogP) is 3.19. The maximum atomic E-state index is 11.4. The Hall–Kier alpha value is -2.86. The maximum absolute atomic E-state index is 11.4. The van der Waals surface area contributed by atoms with Gasteiger partial charge in [-0.2, -0.15) is 0 Å². The van der Waals surface area contributed by atoms with Crippen molar-refractivity contribution in [1.29, 1.82) is 0 Å². The summed E-state index contributed by atoms with van der Waals surface area (Å²) in [5.74, 6) is -0.503. The fraction of sp³-hybridized carbons (Fsp3) is 0.118. The highest BCUT2D eigenvalue weighted by Crippen LogP contribution is 2.19. The number of carbonyl (C=O) groups is 1. The van der Waals surface area contributed by atoms with Crippen LogP contribution >= 0.6 is 11.6 Å². The fourth-order valence-corrected chi connectivity index (χ4v) is 2.18. The zero-order valence-electron chi connectivity index (χ0n) is 12.4. The van der Waals surface area contributed by atoms with Gasteiger partial charge in [-0.05, 0) is 30.3 Å². The second kappa shape index (κ2) is 7.14. The monoisotopic (exact) mass is 344 g/mol. The van der Waals surface area contributed by atoms with Crippen LogP contribution in [0.2, 0.25) is 5.02 Å². The summed E-state index contributed by atoms with van der Waals surface area (Å²) in [6.45, 7) is -0.158. The molecule has 3 aromatic rings. The van der Waals surface area contributed by atoms with Gasteiger partial charge in [0.2, 0.25) is 12.0 Å². The first-order chi connectivity index (χ1) is 11.6. The van der Waals surface area contributed by atoms with Crippen LogP contribution in [0.1, 0.15) is 0 Å². The Labute approximate surface area is 142 Å². The van der Waals surface area contributed by atoms with Crippen LogP contribution in [0.3, 0.4) is 0 Å². The van der Waals surface area contributed by atoms with E-state index in [4.69, 9.17) is 21.1 Å². The number of para-hydroxylation sites is 1. The average molecular weight is 345 g/mol. The maximum Gasteiger partial charge on any atom is 0.348 e. The molecular weight excluding hydrogens is 332 g/mol. The van der Waals surface area contributed by atoms with Crippen molar-refractivity contribution in [1.82, 2.24) is 9.97 Å². The lowest BCUT2D eigenvalue weighted by Crippen LogP contribution is -2.33. The van der Waals surface area contributed by atoms with Crippen LogP contribution in [-0.4, -0.2) is 33.8 Å². The van der Waals surface area contributed by atoms with Gasteiger partial charge < -0.3 is 14.6 Å². The van der Waals surface area contributed by atoms with Gasteiger partial charge in [0, 0.05) is 5.02 Å². The van der Waals surface area contributed by atoms with E-state index >= 15 is 0 Å². The van der Waals surface area contributed by atoms with Gasteiger partial charge in [-0.3, -0.25) is 0 Å². The van der Waals surface area contributed by atoms with E-state index in [0.717, 1.165) is 0 Å². The molecule has 3 rings (SSSR count). The van der Waals surface area contributed by atoms with Crippen molar-refractivity contribution in [2.45, 2.75) is 6.10 Å². The standard InChI is InChI=1S/C17H13ClN2O4/c18-11-6-7-13-14(8-11)20-16(9-19-13)24-15(17(21)22)10-23-12-4-2-1-3-5-12/h1-9,15H,10H2,(H,21,22). The van der Waals surface area contributed by atoms with Gasteiger partial charge in [0.05, 0.1) is 17.2 Å². The second-order valence-electron chi connectivity index (χ2n) is 4.91. The molecule has 1 heterocycles. The van der Waals surface area contributed by atoms with E-state index in [9.17, 15) is 9.90 Å². The van der Waals surface area contributed by atoms with Gasteiger partial charge in [0.25, 0.3) is 0 Å². The van der Waals surface area contributed by atoms with E-state index in [0.29, 0.717) is 21.8 Å². The number of benzene rings is 2. The Kier molecular flexibility index (Phi) is 4.77. The summed E-state index contributed by atoms with van der Waals surface area (Å²) in [5.41, 5.74) is 1.16. The summed E-state index contributed by atoms with van der Waals surface area (Å²) in [4.78, 5) is 19.8. The third-order valence-electron chi connectivity index (χ3n) is 3.17. The number of carboxylic acid groups (broad SMARTS) is 1. The molecular formula is C17H13ClN2O4. The molecule has 6 nitrogen and oxygen atoms in total. The summed E-state index contributed by atoms with van der Waals surface area (Å²) in [7, 11) is 0. The smallest absolute Gasteiger partial charge is 0.348 e. The van der Waals surface area contributed by atoms with Crippen molar-refractivity contribution in [3.05, 3.63) is 59.8 Å². The van der Waals surface area contributed by atoms with E-state index in [2.05, 4.69) is 9.97 Å². The van der Waals surface area contributed by atoms with E-state index in [1.165, 1.54) is 6.20 Å². The van der Waals surface area contributed by atoms with Crippen molar-refractivity contribution >= 4 is 28.6 Å². The molecule has 1 unspecified atom stereocenters. The third kappa shape index (κ3) is 3.91. The Bertz CT molecular complexity index is 858. The van der Waals surface area contributed by atoms with E-state index < -0.39 is 12.1 Å². The van der Waals surface area contributed by atoms with Crippen LogP contribution in [0.4, 0.5) is 0 Å². The highest BCUT2D eigenvalue weighted by atomic mass is 35.5. The number of hydrogen-bond acceptors (Lipinski definition) is 5. The van der Waals surface area contributed by atoms with Gasteiger partial charge in [-0.15, -0.1) is 0 Å². The first kappa shape index (κ1) is 16.0. The minimum Gasteiger partial charge on any atom is -0.489 e. The molecule has 1 aromatic heterocycles. The van der Waals surface area contributed by atoms with Gasteiger partial charge in [-0.1, -0.05) is 29.8 Å². The molecule has 0 aliphatic heterocycles. The van der Waals surface area contributed by atoms with Crippen molar-refractivity contribution in [3.63, 3.8) is 0 Å². The number of nitrogens with zero attached hydrogens (tertiary/aromatic N) is 2.